The number of aryl methyl sites for hydroxylation is 2. The molecule has 1 unspecified atom stereocenters. The van der Waals surface area contributed by atoms with E-state index in [4.69, 9.17) is 0 Å². The summed E-state index contributed by atoms with van der Waals surface area (Å²) in [6.07, 6.45) is 8.22. The summed E-state index contributed by atoms with van der Waals surface area (Å²) in [5.41, 5.74) is 4.52. The highest BCUT2D eigenvalue weighted by Crippen LogP contribution is 2.32. The normalized spacial score (nSPS) is 19.3. The van der Waals surface area contributed by atoms with Crippen LogP contribution in [-0.2, 0) is 6.54 Å². The van der Waals surface area contributed by atoms with Crippen LogP contribution in [0.5, 0.6) is 0 Å². The van der Waals surface area contributed by atoms with Gasteiger partial charge >= 0.3 is 0 Å². The van der Waals surface area contributed by atoms with Gasteiger partial charge in [0.05, 0.1) is 28.8 Å². The van der Waals surface area contributed by atoms with Crippen molar-refractivity contribution >= 4 is 16.3 Å². The van der Waals surface area contributed by atoms with Crippen molar-refractivity contribution in [2.75, 3.05) is 6.54 Å². The number of nitrogens with zero attached hydrogens (tertiary/aromatic N) is 5. The van der Waals surface area contributed by atoms with Crippen LogP contribution in [0.2, 0.25) is 0 Å². The second-order valence-electron chi connectivity index (χ2n) is 5.91. The van der Waals surface area contributed by atoms with Gasteiger partial charge < -0.3 is 0 Å². The second kappa shape index (κ2) is 5.44. The number of rotatable bonds is 3. The summed E-state index contributed by atoms with van der Waals surface area (Å²) in [5.74, 6) is 0. The summed E-state index contributed by atoms with van der Waals surface area (Å²) in [4.78, 5) is 17.2. The predicted octanol–water partition coefficient (Wildman–Crippen LogP) is 3.14. The number of fused-ring (bicyclic) bond motifs is 1. The summed E-state index contributed by atoms with van der Waals surface area (Å²) in [5, 5.41) is 2.10. The van der Waals surface area contributed by atoms with Gasteiger partial charge in [-0.15, -0.1) is 11.3 Å². The fraction of sp³-hybridized carbons (Fsp3) is 0.438. The molecule has 22 heavy (non-hydrogen) atoms. The van der Waals surface area contributed by atoms with Crippen molar-refractivity contribution in [2.45, 2.75) is 39.3 Å². The molecule has 0 bridgehead atoms. The highest BCUT2D eigenvalue weighted by Gasteiger charge is 2.28. The second-order valence-corrected chi connectivity index (χ2v) is 6.79. The van der Waals surface area contributed by atoms with Gasteiger partial charge in [0, 0.05) is 30.5 Å². The van der Waals surface area contributed by atoms with E-state index in [0.717, 1.165) is 41.6 Å². The van der Waals surface area contributed by atoms with Crippen molar-refractivity contribution in [3.8, 4) is 0 Å². The first-order valence-corrected chi connectivity index (χ1v) is 8.54. The standard InChI is InChI=1S/C16H19N5S/c1-11-8-17-9-13(18-11)14-4-3-5-20(14)10-15-12(2)19-16-21(15)6-7-22-16/h6-9,14H,3-5,10H2,1-2H3. The van der Waals surface area contributed by atoms with Crippen LogP contribution >= 0.6 is 11.3 Å². The van der Waals surface area contributed by atoms with Crippen LogP contribution in [0.1, 0.15) is 41.7 Å². The van der Waals surface area contributed by atoms with Crippen LogP contribution in [0.15, 0.2) is 24.0 Å². The summed E-state index contributed by atoms with van der Waals surface area (Å²) < 4.78 is 2.22. The van der Waals surface area contributed by atoms with Crippen molar-refractivity contribution < 1.29 is 0 Å². The summed E-state index contributed by atoms with van der Waals surface area (Å²) in [7, 11) is 0. The zero-order chi connectivity index (χ0) is 15.1. The molecule has 1 fully saturated rings. The van der Waals surface area contributed by atoms with Crippen molar-refractivity contribution in [2.24, 2.45) is 0 Å². The summed E-state index contributed by atoms with van der Waals surface area (Å²) in [6, 6.07) is 0.371. The van der Waals surface area contributed by atoms with Crippen LogP contribution < -0.4 is 0 Å². The van der Waals surface area contributed by atoms with Crippen LogP contribution in [0.3, 0.4) is 0 Å². The first-order valence-electron chi connectivity index (χ1n) is 7.66. The van der Waals surface area contributed by atoms with E-state index in [1.54, 1.807) is 11.3 Å². The van der Waals surface area contributed by atoms with Crippen molar-refractivity contribution in [3.05, 3.63) is 46.7 Å². The topological polar surface area (TPSA) is 46.3 Å². The van der Waals surface area contributed by atoms with Crippen LogP contribution in [0.4, 0.5) is 0 Å². The van der Waals surface area contributed by atoms with Gasteiger partial charge in [0.1, 0.15) is 0 Å². The Hall–Kier alpha value is -1.79. The van der Waals surface area contributed by atoms with E-state index < -0.39 is 0 Å². The third-order valence-electron chi connectivity index (χ3n) is 4.39. The number of thiazole rings is 1. The van der Waals surface area contributed by atoms with Gasteiger partial charge in [0.2, 0.25) is 0 Å². The van der Waals surface area contributed by atoms with Gasteiger partial charge in [0.15, 0.2) is 4.96 Å². The fourth-order valence-corrected chi connectivity index (χ4v) is 4.10. The highest BCUT2D eigenvalue weighted by molar-refractivity contribution is 7.15. The number of likely N-dealkylation sites (tertiary alicyclic amines) is 1. The molecule has 114 valence electrons. The van der Waals surface area contributed by atoms with E-state index in [2.05, 4.69) is 42.8 Å². The quantitative estimate of drug-likeness (QED) is 0.745. The van der Waals surface area contributed by atoms with Crippen LogP contribution in [0.25, 0.3) is 4.96 Å². The van der Waals surface area contributed by atoms with E-state index in [9.17, 15) is 0 Å². The first kappa shape index (κ1) is 13.8. The first-order chi connectivity index (χ1) is 10.7. The lowest BCUT2D eigenvalue weighted by atomic mass is 10.1. The maximum atomic E-state index is 4.68. The summed E-state index contributed by atoms with van der Waals surface area (Å²) in [6.45, 7) is 6.14. The van der Waals surface area contributed by atoms with E-state index in [1.165, 1.54) is 12.1 Å². The van der Waals surface area contributed by atoms with Gasteiger partial charge in [-0.3, -0.25) is 19.3 Å². The largest absolute Gasteiger partial charge is 0.293 e. The molecule has 3 aromatic heterocycles. The molecule has 0 radical (unpaired) electrons. The monoisotopic (exact) mass is 313 g/mol. The van der Waals surface area contributed by atoms with Crippen molar-refractivity contribution in [3.63, 3.8) is 0 Å². The van der Waals surface area contributed by atoms with E-state index in [-0.39, 0.29) is 0 Å². The smallest absolute Gasteiger partial charge is 0.194 e. The number of aromatic nitrogens is 4. The molecule has 4 heterocycles. The fourth-order valence-electron chi connectivity index (χ4n) is 3.32. The zero-order valence-electron chi connectivity index (χ0n) is 12.9. The molecule has 1 atom stereocenters. The average molecular weight is 313 g/mol. The Kier molecular flexibility index (Phi) is 3.43. The molecular weight excluding hydrogens is 294 g/mol. The van der Waals surface area contributed by atoms with E-state index in [1.807, 2.05) is 19.3 Å². The van der Waals surface area contributed by atoms with Gasteiger partial charge in [-0.2, -0.15) is 0 Å². The molecular formula is C16H19N5S. The molecule has 1 aliphatic rings. The summed E-state index contributed by atoms with van der Waals surface area (Å²) >= 11 is 1.69. The average Bonchev–Trinajstić information content (AvgIpc) is 3.18. The van der Waals surface area contributed by atoms with Crippen molar-refractivity contribution in [1.82, 2.24) is 24.3 Å². The highest BCUT2D eigenvalue weighted by atomic mass is 32.1. The molecule has 0 amide bonds. The van der Waals surface area contributed by atoms with Gasteiger partial charge in [-0.05, 0) is 33.2 Å². The molecule has 1 aliphatic heterocycles. The third-order valence-corrected chi connectivity index (χ3v) is 5.15. The molecule has 4 rings (SSSR count). The molecule has 0 saturated carbocycles. The minimum atomic E-state index is 0.371. The zero-order valence-corrected chi connectivity index (χ0v) is 13.7. The lowest BCUT2D eigenvalue weighted by Gasteiger charge is -2.24. The Balaban J connectivity index is 1.64. The molecule has 0 aromatic carbocycles. The number of imidazole rings is 1. The maximum absolute atomic E-state index is 4.68. The Morgan fingerprint density at radius 2 is 2.18 bits per heavy atom. The molecule has 5 nitrogen and oxygen atoms in total. The van der Waals surface area contributed by atoms with Crippen molar-refractivity contribution in [1.29, 1.82) is 0 Å². The Bertz CT molecular complexity index is 806. The molecule has 3 aromatic rings. The minimum Gasteiger partial charge on any atom is -0.293 e. The Morgan fingerprint density at radius 1 is 1.27 bits per heavy atom. The molecule has 6 heteroatoms. The maximum Gasteiger partial charge on any atom is 0.194 e. The molecule has 0 aliphatic carbocycles. The van der Waals surface area contributed by atoms with Gasteiger partial charge in [0.25, 0.3) is 0 Å². The lowest BCUT2D eigenvalue weighted by molar-refractivity contribution is 0.240. The molecule has 0 N–H and O–H groups in total. The van der Waals surface area contributed by atoms with E-state index in [0.29, 0.717) is 6.04 Å². The van der Waals surface area contributed by atoms with Crippen LogP contribution in [-0.4, -0.2) is 30.8 Å². The van der Waals surface area contributed by atoms with Gasteiger partial charge in [-0.1, -0.05) is 0 Å². The molecule has 1 saturated heterocycles. The molecule has 0 spiro atoms. The predicted molar refractivity (Wildman–Crippen MR) is 87.0 cm³/mol. The minimum absolute atomic E-state index is 0.371. The number of hydrogen-bond acceptors (Lipinski definition) is 5. The van der Waals surface area contributed by atoms with E-state index >= 15 is 0 Å². The number of hydrogen-bond donors (Lipinski definition) is 0. The Labute approximate surface area is 133 Å². The van der Waals surface area contributed by atoms with Crippen LogP contribution in [0, 0.1) is 13.8 Å². The van der Waals surface area contributed by atoms with Gasteiger partial charge in [-0.25, -0.2) is 4.98 Å². The lowest BCUT2D eigenvalue weighted by Crippen LogP contribution is -2.24. The third kappa shape index (κ3) is 2.32. The Morgan fingerprint density at radius 3 is 3.05 bits per heavy atom. The SMILES string of the molecule is Cc1cncc(C2CCCN2Cc2c(C)nc3sccn23)n1.